The second kappa shape index (κ2) is 12.1. The normalized spacial score (nSPS) is 18.8. The van der Waals surface area contributed by atoms with Crippen LogP contribution < -0.4 is 15.5 Å². The van der Waals surface area contributed by atoms with Gasteiger partial charge in [0.2, 0.25) is 5.91 Å². The number of anilines is 2. The Morgan fingerprint density at radius 2 is 1.83 bits per heavy atom. The Hall–Kier alpha value is -2.57. The number of piperidine rings is 1. The molecule has 2 aromatic carbocycles. The van der Waals surface area contributed by atoms with Gasteiger partial charge in [0.25, 0.3) is 5.91 Å². The van der Waals surface area contributed by atoms with Crippen LogP contribution in [-0.2, 0) is 16.0 Å². The third kappa shape index (κ3) is 6.80. The van der Waals surface area contributed by atoms with E-state index in [4.69, 9.17) is 16.3 Å². The van der Waals surface area contributed by atoms with Gasteiger partial charge in [-0.05, 0) is 75.6 Å². The highest BCUT2D eigenvalue weighted by molar-refractivity contribution is 6.20. The molecule has 2 heterocycles. The zero-order valence-electron chi connectivity index (χ0n) is 21.4. The molecule has 0 bridgehead atoms. The Morgan fingerprint density at radius 1 is 1.08 bits per heavy atom. The van der Waals surface area contributed by atoms with E-state index in [2.05, 4.69) is 45.9 Å². The number of alkyl halides is 1. The number of amides is 2. The number of nitrogens with zero attached hydrogens (tertiary/aromatic N) is 1. The minimum absolute atomic E-state index is 0.0681. The van der Waals surface area contributed by atoms with Crippen LogP contribution in [0.15, 0.2) is 48.5 Å². The van der Waals surface area contributed by atoms with Crippen molar-refractivity contribution in [1.82, 2.24) is 5.32 Å². The highest BCUT2D eigenvalue weighted by Crippen LogP contribution is 2.31. The average molecular weight is 512 g/mol. The lowest BCUT2D eigenvalue weighted by Gasteiger charge is -2.35. The number of carbonyl (C=O) groups is 2. The van der Waals surface area contributed by atoms with Gasteiger partial charge in [0.15, 0.2) is 0 Å². The maximum absolute atomic E-state index is 13.3. The summed E-state index contributed by atoms with van der Waals surface area (Å²) in [6.07, 6.45) is 5.30. The van der Waals surface area contributed by atoms with Crippen LogP contribution in [-0.4, -0.2) is 50.0 Å². The molecule has 2 aliphatic heterocycles. The number of rotatable bonds is 9. The molecule has 2 aliphatic rings. The topological polar surface area (TPSA) is 70.7 Å². The number of benzene rings is 2. The van der Waals surface area contributed by atoms with Crippen LogP contribution in [0.5, 0.6) is 0 Å². The van der Waals surface area contributed by atoms with Crippen LogP contribution in [0.4, 0.5) is 11.4 Å². The Labute approximate surface area is 219 Å². The van der Waals surface area contributed by atoms with Crippen LogP contribution in [0, 0.1) is 11.3 Å². The third-order valence-corrected chi connectivity index (χ3v) is 7.95. The molecule has 1 atom stereocenters. The summed E-state index contributed by atoms with van der Waals surface area (Å²) >= 11 is 5.99. The van der Waals surface area contributed by atoms with E-state index in [1.165, 1.54) is 5.56 Å². The fraction of sp³-hybridized carbons (Fsp3) is 0.517. The molecule has 0 aliphatic carbocycles. The fourth-order valence-corrected chi connectivity index (χ4v) is 4.99. The molecule has 1 unspecified atom stereocenters. The van der Waals surface area contributed by atoms with Crippen LogP contribution in [0.2, 0.25) is 0 Å². The van der Waals surface area contributed by atoms with E-state index >= 15 is 0 Å². The lowest BCUT2D eigenvalue weighted by atomic mass is 9.89. The zero-order chi connectivity index (χ0) is 25.5. The maximum Gasteiger partial charge on any atom is 0.253 e. The molecular formula is C29H38ClN3O3. The van der Waals surface area contributed by atoms with Gasteiger partial charge >= 0.3 is 0 Å². The number of halogens is 1. The van der Waals surface area contributed by atoms with Gasteiger partial charge in [-0.25, -0.2) is 0 Å². The first kappa shape index (κ1) is 26.5. The Bertz CT molecular complexity index is 1030. The molecule has 0 saturated carbocycles. The molecule has 4 rings (SSSR count). The minimum Gasteiger partial charge on any atom is -0.376 e. The summed E-state index contributed by atoms with van der Waals surface area (Å²) in [5.74, 6) is 0.540. The van der Waals surface area contributed by atoms with E-state index < -0.39 is 5.41 Å². The predicted octanol–water partition coefficient (Wildman–Crippen LogP) is 5.26. The Kier molecular flexibility index (Phi) is 8.91. The highest BCUT2D eigenvalue weighted by atomic mass is 35.5. The first-order valence-electron chi connectivity index (χ1n) is 13.1. The molecule has 7 heteroatoms. The van der Waals surface area contributed by atoms with Crippen molar-refractivity contribution in [3.63, 3.8) is 0 Å². The number of hydrogen-bond acceptors (Lipinski definition) is 4. The van der Waals surface area contributed by atoms with Gasteiger partial charge in [-0.15, -0.1) is 11.6 Å². The molecule has 36 heavy (non-hydrogen) atoms. The molecule has 0 aromatic heterocycles. The summed E-state index contributed by atoms with van der Waals surface area (Å²) < 4.78 is 5.68. The summed E-state index contributed by atoms with van der Waals surface area (Å²) in [4.78, 5) is 28.3. The lowest BCUT2D eigenvalue weighted by molar-refractivity contribution is -0.122. The maximum atomic E-state index is 13.3. The fourth-order valence-electron chi connectivity index (χ4n) is 4.86. The molecule has 2 amide bonds. The second-order valence-electron chi connectivity index (χ2n) is 10.7. The van der Waals surface area contributed by atoms with Crippen LogP contribution in [0.1, 0.15) is 55.5 Å². The predicted molar refractivity (Wildman–Crippen MR) is 146 cm³/mol. The quantitative estimate of drug-likeness (QED) is 0.451. The van der Waals surface area contributed by atoms with E-state index in [-0.39, 0.29) is 23.8 Å². The first-order valence-corrected chi connectivity index (χ1v) is 13.6. The van der Waals surface area contributed by atoms with E-state index in [1.807, 2.05) is 12.1 Å². The van der Waals surface area contributed by atoms with E-state index in [0.29, 0.717) is 23.7 Å². The third-order valence-electron chi connectivity index (χ3n) is 7.28. The van der Waals surface area contributed by atoms with Gasteiger partial charge < -0.3 is 20.3 Å². The van der Waals surface area contributed by atoms with Crippen molar-refractivity contribution < 1.29 is 14.3 Å². The molecule has 0 spiro atoms. The van der Waals surface area contributed by atoms with Gasteiger partial charge in [-0.2, -0.15) is 0 Å². The standard InChI is InChI=1S/C29H38ClN3O3/c1-29(2,20-30)28(35)32-23-10-11-26(25(18-23)27(34)31-19-24-9-6-16-36-24)33-14-12-22(13-15-33)17-21-7-4-3-5-8-21/h3-5,7-8,10-11,18,22,24H,6,9,12-17,19-20H2,1-2H3,(H,31,34)(H,32,35). The highest BCUT2D eigenvalue weighted by Gasteiger charge is 2.28. The number of hydrogen-bond donors (Lipinski definition) is 2. The van der Waals surface area contributed by atoms with E-state index in [0.717, 1.165) is 57.5 Å². The van der Waals surface area contributed by atoms with Gasteiger partial charge in [-0.1, -0.05) is 30.3 Å². The lowest BCUT2D eigenvalue weighted by Crippen LogP contribution is -2.37. The zero-order valence-corrected chi connectivity index (χ0v) is 22.2. The Balaban J connectivity index is 1.48. The van der Waals surface area contributed by atoms with Crippen molar-refractivity contribution >= 4 is 34.8 Å². The summed E-state index contributed by atoms with van der Waals surface area (Å²) in [6, 6.07) is 16.3. The summed E-state index contributed by atoms with van der Waals surface area (Å²) in [5.41, 5.74) is 2.76. The Morgan fingerprint density at radius 3 is 2.50 bits per heavy atom. The summed E-state index contributed by atoms with van der Waals surface area (Å²) in [5, 5.41) is 6.00. The molecule has 2 N–H and O–H groups in total. The molecule has 0 radical (unpaired) electrons. The summed E-state index contributed by atoms with van der Waals surface area (Å²) in [7, 11) is 0. The van der Waals surface area contributed by atoms with Gasteiger partial charge in [-0.3, -0.25) is 9.59 Å². The van der Waals surface area contributed by atoms with Crippen molar-refractivity contribution in [2.75, 3.05) is 42.3 Å². The largest absolute Gasteiger partial charge is 0.376 e. The number of carbonyl (C=O) groups excluding carboxylic acids is 2. The number of nitrogens with one attached hydrogen (secondary N) is 2. The first-order chi connectivity index (χ1) is 17.4. The van der Waals surface area contributed by atoms with Gasteiger partial charge in [0.05, 0.1) is 17.1 Å². The van der Waals surface area contributed by atoms with Crippen molar-refractivity contribution in [3.8, 4) is 0 Å². The molecular weight excluding hydrogens is 474 g/mol. The molecule has 2 saturated heterocycles. The average Bonchev–Trinajstić information content (AvgIpc) is 3.42. The smallest absolute Gasteiger partial charge is 0.253 e. The molecule has 194 valence electrons. The molecule has 2 fully saturated rings. The minimum atomic E-state index is -0.705. The number of ether oxygens (including phenoxy) is 1. The van der Waals surface area contributed by atoms with E-state index in [9.17, 15) is 9.59 Å². The van der Waals surface area contributed by atoms with Gasteiger partial charge in [0.1, 0.15) is 0 Å². The monoisotopic (exact) mass is 511 g/mol. The van der Waals surface area contributed by atoms with Crippen molar-refractivity contribution in [3.05, 3.63) is 59.7 Å². The van der Waals surface area contributed by atoms with Crippen LogP contribution >= 0.6 is 11.6 Å². The van der Waals surface area contributed by atoms with Crippen molar-refractivity contribution in [1.29, 1.82) is 0 Å². The molecule has 6 nitrogen and oxygen atoms in total. The molecule has 2 aromatic rings. The van der Waals surface area contributed by atoms with E-state index in [1.54, 1.807) is 19.9 Å². The summed E-state index contributed by atoms with van der Waals surface area (Å²) in [6.45, 7) is 6.65. The van der Waals surface area contributed by atoms with Crippen LogP contribution in [0.3, 0.4) is 0 Å². The van der Waals surface area contributed by atoms with Crippen molar-refractivity contribution in [2.24, 2.45) is 11.3 Å². The van der Waals surface area contributed by atoms with Gasteiger partial charge in [0, 0.05) is 43.5 Å². The SMILES string of the molecule is CC(C)(CCl)C(=O)Nc1ccc(N2CCC(Cc3ccccc3)CC2)c(C(=O)NCC2CCCO2)c1. The van der Waals surface area contributed by atoms with Crippen molar-refractivity contribution in [2.45, 2.75) is 52.1 Å². The van der Waals surface area contributed by atoms with Crippen LogP contribution in [0.25, 0.3) is 0 Å². The second-order valence-corrected chi connectivity index (χ2v) is 10.9.